The number of imidazole rings is 1. The second-order valence-corrected chi connectivity index (χ2v) is 14.2. The Balaban J connectivity index is 1.41. The number of aliphatic hydroxyl groups is 2. The van der Waals surface area contributed by atoms with E-state index in [-0.39, 0.29) is 10.9 Å². The first-order valence-corrected chi connectivity index (χ1v) is 16.0. The Morgan fingerprint density at radius 2 is 1.73 bits per heavy atom. The first-order chi connectivity index (χ1) is 18.7. The minimum absolute atomic E-state index is 0.116. The van der Waals surface area contributed by atoms with Crippen molar-refractivity contribution in [3.63, 3.8) is 0 Å². The summed E-state index contributed by atoms with van der Waals surface area (Å²) in [5.41, 5.74) is 3.48. The molecule has 2 aromatic heterocycles. The highest BCUT2D eigenvalue weighted by atomic mass is 35.5. The van der Waals surface area contributed by atoms with Crippen LogP contribution in [-0.4, -0.2) is 75.2 Å². The van der Waals surface area contributed by atoms with Crippen LogP contribution >= 0.6 is 26.7 Å². The van der Waals surface area contributed by atoms with Crippen LogP contribution in [0.15, 0.2) is 36.7 Å². The molecule has 214 valence electrons. The lowest BCUT2D eigenvalue weighted by molar-refractivity contribution is -0.0331. The van der Waals surface area contributed by atoms with Crippen LogP contribution < -0.4 is 10.4 Å². The summed E-state index contributed by atoms with van der Waals surface area (Å²) in [6.07, 6.45) is -4.09. The van der Waals surface area contributed by atoms with E-state index >= 15 is 0 Å². The number of nitrogens with zero attached hydrogens (tertiary/aromatic N) is 4. The average Bonchev–Trinajstić information content (AvgIpc) is 3.39. The highest BCUT2D eigenvalue weighted by Crippen LogP contribution is 2.52. The second-order valence-electron chi connectivity index (χ2n) is 9.67. The van der Waals surface area contributed by atoms with E-state index in [4.69, 9.17) is 26.1 Å². The maximum absolute atomic E-state index is 12.1. The van der Waals surface area contributed by atoms with Crippen molar-refractivity contribution in [2.24, 2.45) is 0 Å². The predicted octanol–water partition coefficient (Wildman–Crippen LogP) is 2.52. The van der Waals surface area contributed by atoms with Crippen LogP contribution in [0.5, 0.6) is 0 Å². The van der Waals surface area contributed by atoms with Crippen molar-refractivity contribution < 1.29 is 38.8 Å². The lowest BCUT2D eigenvalue weighted by Crippen LogP contribution is -2.37. The first-order valence-electron chi connectivity index (χ1n) is 12.0. The third kappa shape index (κ3) is 5.93. The third-order valence-electron chi connectivity index (χ3n) is 6.64. The normalized spacial score (nSPS) is 23.1. The fourth-order valence-electron chi connectivity index (χ4n) is 4.68. The van der Waals surface area contributed by atoms with Gasteiger partial charge >= 0.3 is 7.60 Å². The summed E-state index contributed by atoms with van der Waals surface area (Å²) in [6, 6.07) is 10.00. The van der Waals surface area contributed by atoms with Crippen LogP contribution in [0.1, 0.15) is 17.4 Å². The van der Waals surface area contributed by atoms with Crippen molar-refractivity contribution in [1.82, 2.24) is 24.6 Å². The highest BCUT2D eigenvalue weighted by Gasteiger charge is 2.45. The summed E-state index contributed by atoms with van der Waals surface area (Å²) in [5.74, 6) is -0.994. The summed E-state index contributed by atoms with van der Waals surface area (Å²) in [6.45, 7) is 3.59. The number of rotatable bonds is 8. The maximum Gasteiger partial charge on any atom is 0.336 e. The van der Waals surface area contributed by atoms with Crippen molar-refractivity contribution >= 4 is 60.2 Å². The van der Waals surface area contributed by atoms with Crippen molar-refractivity contribution in [2.45, 2.75) is 38.4 Å². The molecule has 5 rings (SSSR count). The highest BCUT2D eigenvalue weighted by molar-refractivity contribution is 7.71. The molecular formula is C23H27ClN6O8P2. The lowest BCUT2D eigenvalue weighted by Gasteiger charge is -2.19. The smallest absolute Gasteiger partial charge is 0.336 e. The van der Waals surface area contributed by atoms with Gasteiger partial charge in [-0.2, -0.15) is 9.97 Å². The standard InChI is InChI=1S/C23H27ClN6O8P2/c1-11-3-4-12(2)15-7-13(5-6-14(11)15)27-20-17-21(29-23(24)28-20)30(9-25-17)22-19(32)18(31)16(38-22)8-26-39(33,34)10-40(35,36)37/h3-7,9,16,18-19,22,31-32H,8,10H2,1-2H3,(H2,26,33,34)(H,27,28,29)(H2,35,36,37). The van der Waals surface area contributed by atoms with E-state index in [1.165, 1.54) is 10.9 Å². The number of aryl methyl sites for hydroxylation is 2. The van der Waals surface area contributed by atoms with E-state index < -0.39 is 52.1 Å². The molecule has 0 amide bonds. The Bertz CT molecular complexity index is 1700. The number of benzene rings is 2. The third-order valence-corrected chi connectivity index (χ3v) is 10.5. The molecule has 0 spiro atoms. The SMILES string of the molecule is Cc1ccc(C)c2cc(Nc3nc(Cl)nc4c3ncn4C3OC(CNP(=O)(O)CP(=O)(O)O)C(O)C3O)ccc12. The maximum atomic E-state index is 12.1. The summed E-state index contributed by atoms with van der Waals surface area (Å²) in [4.78, 5) is 40.7. The quantitative estimate of drug-likeness (QED) is 0.113. The molecule has 40 heavy (non-hydrogen) atoms. The van der Waals surface area contributed by atoms with Gasteiger partial charge in [-0.15, -0.1) is 0 Å². The number of halogens is 1. The molecule has 0 saturated carbocycles. The molecule has 5 unspecified atom stereocenters. The fraction of sp³-hybridized carbons (Fsp3) is 0.348. The molecule has 5 atom stereocenters. The fourth-order valence-corrected chi connectivity index (χ4v) is 7.71. The number of anilines is 2. The Hall–Kier alpha value is -2.48. The number of aliphatic hydroxyl groups excluding tert-OH is 2. The monoisotopic (exact) mass is 612 g/mol. The Kier molecular flexibility index (Phi) is 7.79. The zero-order valence-corrected chi connectivity index (χ0v) is 23.8. The minimum Gasteiger partial charge on any atom is -0.387 e. The molecule has 0 bridgehead atoms. The van der Waals surface area contributed by atoms with E-state index in [1.54, 1.807) is 0 Å². The molecule has 4 aromatic rings. The molecule has 2 aromatic carbocycles. The summed E-state index contributed by atoms with van der Waals surface area (Å²) in [7, 11) is -9.23. The number of nitrogens with one attached hydrogen (secondary N) is 2. The molecule has 0 aliphatic carbocycles. The molecule has 1 fully saturated rings. The van der Waals surface area contributed by atoms with Crippen LogP contribution in [0.25, 0.3) is 21.9 Å². The summed E-state index contributed by atoms with van der Waals surface area (Å²) >= 11 is 6.22. The number of aromatic nitrogens is 4. The van der Waals surface area contributed by atoms with Gasteiger partial charge in [0.25, 0.3) is 7.52 Å². The van der Waals surface area contributed by atoms with Gasteiger partial charge in [-0.3, -0.25) is 13.7 Å². The van der Waals surface area contributed by atoms with Gasteiger partial charge in [-0.05, 0) is 59.5 Å². The van der Waals surface area contributed by atoms with Crippen molar-refractivity contribution in [3.8, 4) is 0 Å². The first kappa shape index (κ1) is 29.0. The zero-order chi connectivity index (χ0) is 29.0. The Morgan fingerprint density at radius 1 is 1.02 bits per heavy atom. The molecular weight excluding hydrogens is 586 g/mol. The van der Waals surface area contributed by atoms with Gasteiger partial charge < -0.3 is 34.9 Å². The average molecular weight is 613 g/mol. The number of hydrogen-bond acceptors (Lipinski definition) is 9. The van der Waals surface area contributed by atoms with E-state index in [1.807, 2.05) is 38.1 Å². The van der Waals surface area contributed by atoms with Crippen molar-refractivity contribution in [1.29, 1.82) is 0 Å². The van der Waals surface area contributed by atoms with Crippen molar-refractivity contribution in [2.75, 3.05) is 17.8 Å². The molecule has 17 heteroatoms. The van der Waals surface area contributed by atoms with E-state index in [0.29, 0.717) is 11.3 Å². The van der Waals surface area contributed by atoms with E-state index in [0.717, 1.165) is 27.6 Å². The molecule has 7 N–H and O–H groups in total. The largest absolute Gasteiger partial charge is 0.387 e. The Labute approximate surface area is 232 Å². The van der Waals surface area contributed by atoms with Crippen LogP contribution in [-0.2, 0) is 13.9 Å². The van der Waals surface area contributed by atoms with Gasteiger partial charge in [-0.1, -0.05) is 18.2 Å². The molecule has 0 radical (unpaired) electrons. The summed E-state index contributed by atoms with van der Waals surface area (Å²) < 4.78 is 30.3. The van der Waals surface area contributed by atoms with Crippen LogP contribution in [0, 0.1) is 13.8 Å². The number of ether oxygens (including phenoxy) is 1. The van der Waals surface area contributed by atoms with Gasteiger partial charge in [0, 0.05) is 12.2 Å². The molecule has 14 nitrogen and oxygen atoms in total. The number of hydrogen-bond donors (Lipinski definition) is 7. The Morgan fingerprint density at radius 3 is 2.42 bits per heavy atom. The second kappa shape index (κ2) is 10.7. The molecule has 1 aliphatic rings. The van der Waals surface area contributed by atoms with Crippen LogP contribution in [0.3, 0.4) is 0 Å². The predicted molar refractivity (Wildman–Crippen MR) is 148 cm³/mol. The lowest BCUT2D eigenvalue weighted by atomic mass is 10.0. The van der Waals surface area contributed by atoms with E-state index in [2.05, 4.69) is 31.4 Å². The van der Waals surface area contributed by atoms with Crippen LogP contribution in [0.2, 0.25) is 5.28 Å². The minimum atomic E-state index is -4.78. The topological polar surface area (TPSA) is 212 Å². The van der Waals surface area contributed by atoms with Crippen LogP contribution in [0.4, 0.5) is 11.5 Å². The molecule has 1 aliphatic heterocycles. The summed E-state index contributed by atoms with van der Waals surface area (Å²) in [5, 5.41) is 28.6. The zero-order valence-electron chi connectivity index (χ0n) is 21.2. The van der Waals surface area contributed by atoms with Gasteiger partial charge in [0.15, 0.2) is 23.2 Å². The van der Waals surface area contributed by atoms with Gasteiger partial charge in [0.2, 0.25) is 5.28 Å². The molecule has 1 saturated heterocycles. The molecule has 3 heterocycles. The number of fused-ring (bicyclic) bond motifs is 2. The van der Waals surface area contributed by atoms with Gasteiger partial charge in [0.1, 0.15) is 24.2 Å². The van der Waals surface area contributed by atoms with Gasteiger partial charge in [0.05, 0.1) is 6.33 Å². The van der Waals surface area contributed by atoms with Gasteiger partial charge in [-0.25, -0.2) is 10.1 Å². The van der Waals surface area contributed by atoms with Crippen molar-refractivity contribution in [3.05, 3.63) is 53.1 Å². The van der Waals surface area contributed by atoms with E-state index in [9.17, 15) is 24.2 Å².